The van der Waals surface area contributed by atoms with Crippen LogP contribution in [0.2, 0.25) is 0 Å². The summed E-state index contributed by atoms with van der Waals surface area (Å²) < 4.78 is 0. The van der Waals surface area contributed by atoms with Crippen molar-refractivity contribution < 1.29 is 70.5 Å². The zero-order valence-electron chi connectivity index (χ0n) is 4.91. The van der Waals surface area contributed by atoms with Gasteiger partial charge in [-0.25, -0.2) is 0 Å². The summed E-state index contributed by atoms with van der Waals surface area (Å²) in [5.41, 5.74) is 0. The van der Waals surface area contributed by atoms with Crippen molar-refractivity contribution in [3.8, 4) is 5.75 Å². The van der Waals surface area contributed by atoms with Crippen molar-refractivity contribution in [1.29, 1.82) is 0 Å². The quantitative estimate of drug-likeness (QED) is 0.703. The molecule has 9 heavy (non-hydrogen) atoms. The molecule has 0 bridgehead atoms. The molecule has 1 aromatic rings. The molecule has 42 valence electrons. The van der Waals surface area contributed by atoms with Gasteiger partial charge in [-0.05, 0) is 0 Å². The van der Waals surface area contributed by atoms with Crippen LogP contribution in [0.1, 0.15) is 0 Å². The summed E-state index contributed by atoms with van der Waals surface area (Å²) in [4.78, 5) is 0. The fraction of sp³-hybridized carbons (Fsp3) is 0. The average molecular weight is 271 g/mol. The average Bonchev–Trinajstić information content (AvgIpc) is 1.69. The van der Waals surface area contributed by atoms with Crippen LogP contribution >= 0.6 is 0 Å². The molecule has 1 nitrogen and oxygen atoms in total. The van der Waals surface area contributed by atoms with Gasteiger partial charge in [0.1, 0.15) is 0 Å². The molecule has 0 amide bonds. The predicted octanol–water partition coefficient (Wildman–Crippen LogP) is 1.19. The maximum absolute atomic E-state index is 8.61. The van der Waals surface area contributed by atoms with E-state index in [4.69, 9.17) is 5.11 Å². The Morgan fingerprint density at radius 3 is 1.78 bits per heavy atom. The topological polar surface area (TPSA) is 20.2 Å². The number of benzene rings is 1. The van der Waals surface area contributed by atoms with Crippen LogP contribution in [0.5, 0.6) is 5.75 Å². The minimum Gasteiger partial charge on any atom is -0.533 e. The molecular formula is C6H5OY2-. The molecule has 0 aliphatic heterocycles. The van der Waals surface area contributed by atoms with E-state index in [1.54, 1.807) is 24.3 Å². The molecule has 1 N–H and O–H groups in total. The Bertz CT molecular complexity index is 141. The van der Waals surface area contributed by atoms with Gasteiger partial charge in [0.15, 0.2) is 0 Å². The van der Waals surface area contributed by atoms with Crippen molar-refractivity contribution in [2.24, 2.45) is 0 Å². The largest absolute Gasteiger partial charge is 0.533 e. The van der Waals surface area contributed by atoms with Gasteiger partial charge in [-0.3, -0.25) is 0 Å². The second-order valence-corrected chi connectivity index (χ2v) is 1.26. The molecule has 0 aliphatic carbocycles. The standard InChI is InChI=1S/C6H5O.2Y/c7-6-4-2-1-3-5-6;;/h2-5,7H;;/q-1;;. The molecule has 0 saturated heterocycles. The van der Waals surface area contributed by atoms with Crippen LogP contribution in [-0.2, 0) is 65.4 Å². The molecule has 0 saturated carbocycles. The Morgan fingerprint density at radius 2 is 1.56 bits per heavy atom. The first-order chi connectivity index (χ1) is 3.39. The molecule has 1 rings (SSSR count). The van der Waals surface area contributed by atoms with Gasteiger partial charge < -0.3 is 5.11 Å². The first-order valence-corrected chi connectivity index (χ1v) is 2.04. The van der Waals surface area contributed by atoms with E-state index in [1.807, 2.05) is 0 Å². The van der Waals surface area contributed by atoms with Gasteiger partial charge in [0.2, 0.25) is 0 Å². The molecule has 0 aliphatic rings. The number of hydrogen-bond acceptors (Lipinski definition) is 1. The summed E-state index contributed by atoms with van der Waals surface area (Å²) in [5.74, 6) is 0.291. The second kappa shape index (κ2) is 7.34. The molecule has 0 unspecified atom stereocenters. The van der Waals surface area contributed by atoms with Gasteiger partial charge in [-0.15, -0.1) is 12.1 Å². The van der Waals surface area contributed by atoms with Crippen LogP contribution in [0.3, 0.4) is 0 Å². The van der Waals surface area contributed by atoms with E-state index in [1.165, 1.54) is 0 Å². The van der Waals surface area contributed by atoms with Crippen LogP contribution in [0.25, 0.3) is 0 Å². The van der Waals surface area contributed by atoms with Gasteiger partial charge in [-0.2, -0.15) is 18.2 Å². The third kappa shape index (κ3) is 5.66. The molecule has 0 aromatic heterocycles. The second-order valence-electron chi connectivity index (χ2n) is 1.26. The summed E-state index contributed by atoms with van der Waals surface area (Å²) in [6, 6.07) is 9.26. The fourth-order valence-corrected chi connectivity index (χ4v) is 0.378. The minimum atomic E-state index is 0. The van der Waals surface area contributed by atoms with Crippen molar-refractivity contribution in [3.63, 3.8) is 0 Å². The van der Waals surface area contributed by atoms with Crippen LogP contribution in [0.4, 0.5) is 0 Å². The Hall–Kier alpha value is 1.23. The van der Waals surface area contributed by atoms with Crippen molar-refractivity contribution in [2.75, 3.05) is 0 Å². The van der Waals surface area contributed by atoms with Crippen LogP contribution in [-0.4, -0.2) is 5.11 Å². The van der Waals surface area contributed by atoms with Crippen molar-refractivity contribution in [2.45, 2.75) is 0 Å². The molecule has 3 heteroatoms. The van der Waals surface area contributed by atoms with Crippen molar-refractivity contribution >= 4 is 0 Å². The van der Waals surface area contributed by atoms with E-state index in [2.05, 4.69) is 6.07 Å². The predicted molar refractivity (Wildman–Crippen MR) is 26.9 cm³/mol. The van der Waals surface area contributed by atoms with Crippen molar-refractivity contribution in [1.82, 2.24) is 0 Å². The number of phenols is 1. The summed E-state index contributed by atoms with van der Waals surface area (Å²) in [6.45, 7) is 0. The van der Waals surface area contributed by atoms with Crippen LogP contribution < -0.4 is 0 Å². The summed E-state index contributed by atoms with van der Waals surface area (Å²) in [5, 5.41) is 8.61. The SMILES string of the molecule is Oc1cc[c-]cc1.[Y].[Y]. The fourth-order valence-electron chi connectivity index (χ4n) is 0.378. The Balaban J connectivity index is 0. The number of rotatable bonds is 0. The van der Waals surface area contributed by atoms with E-state index >= 15 is 0 Å². The third-order valence-electron chi connectivity index (χ3n) is 0.701. The molecule has 0 heterocycles. The first-order valence-electron chi connectivity index (χ1n) is 2.04. The molecule has 1 aromatic carbocycles. The van der Waals surface area contributed by atoms with Gasteiger partial charge in [-0.1, -0.05) is 0 Å². The van der Waals surface area contributed by atoms with Crippen LogP contribution in [0, 0.1) is 6.07 Å². The third-order valence-corrected chi connectivity index (χ3v) is 0.701. The van der Waals surface area contributed by atoms with E-state index in [-0.39, 0.29) is 65.4 Å². The number of phenolic OH excluding ortho intramolecular Hbond substituents is 1. The minimum absolute atomic E-state index is 0. The van der Waals surface area contributed by atoms with Gasteiger partial charge in [0.05, 0.1) is 0 Å². The molecule has 2 radical (unpaired) electrons. The maximum atomic E-state index is 8.61. The van der Waals surface area contributed by atoms with Gasteiger partial charge >= 0.3 is 0 Å². The summed E-state index contributed by atoms with van der Waals surface area (Å²) >= 11 is 0. The molecule has 0 spiro atoms. The zero-order valence-corrected chi connectivity index (χ0v) is 10.6. The normalized spacial score (nSPS) is 6.67. The molecule has 0 atom stereocenters. The van der Waals surface area contributed by atoms with E-state index in [0.29, 0.717) is 5.75 Å². The Kier molecular flexibility index (Phi) is 10.5. The van der Waals surface area contributed by atoms with Gasteiger partial charge in [0.25, 0.3) is 0 Å². The summed E-state index contributed by atoms with van der Waals surface area (Å²) in [6.07, 6.45) is 0. The maximum Gasteiger partial charge on any atom is 0.00821 e. The van der Waals surface area contributed by atoms with Crippen molar-refractivity contribution in [3.05, 3.63) is 30.3 Å². The summed E-state index contributed by atoms with van der Waals surface area (Å²) in [7, 11) is 0. The van der Waals surface area contributed by atoms with Crippen LogP contribution in [0.15, 0.2) is 24.3 Å². The van der Waals surface area contributed by atoms with Gasteiger partial charge in [0, 0.05) is 71.2 Å². The van der Waals surface area contributed by atoms with E-state index in [9.17, 15) is 0 Å². The Morgan fingerprint density at radius 1 is 1.11 bits per heavy atom. The number of hydrogen-bond donors (Lipinski definition) is 1. The number of aromatic hydroxyl groups is 1. The molecular weight excluding hydrogens is 266 g/mol. The monoisotopic (exact) mass is 271 g/mol. The van der Waals surface area contributed by atoms with E-state index in [0.717, 1.165) is 0 Å². The first kappa shape index (κ1) is 12.9. The Labute approximate surface area is 105 Å². The van der Waals surface area contributed by atoms with E-state index < -0.39 is 0 Å². The zero-order chi connectivity index (χ0) is 5.11. The molecule has 0 fully saturated rings. The smallest absolute Gasteiger partial charge is 0.00821 e.